The van der Waals surface area contributed by atoms with Crippen LogP contribution >= 0.6 is 22.9 Å². The Morgan fingerprint density at radius 1 is 1.17 bits per heavy atom. The number of halogens is 1. The topological polar surface area (TPSA) is 91.4 Å². The second-order valence-corrected chi connectivity index (χ2v) is 9.92. The highest BCUT2D eigenvalue weighted by Crippen LogP contribution is 2.24. The minimum atomic E-state index is -3.66. The van der Waals surface area contributed by atoms with Gasteiger partial charge in [-0.05, 0) is 42.0 Å². The van der Waals surface area contributed by atoms with Crippen molar-refractivity contribution in [2.24, 2.45) is 0 Å². The number of carbonyl (C=O) groups is 1. The van der Waals surface area contributed by atoms with E-state index >= 15 is 0 Å². The summed E-state index contributed by atoms with van der Waals surface area (Å²) in [6.45, 7) is 1.35. The monoisotopic (exact) mass is 464 g/mol. The zero-order valence-corrected chi connectivity index (χ0v) is 18.2. The summed E-state index contributed by atoms with van der Waals surface area (Å²) in [6.07, 6.45) is 1.85. The lowest BCUT2D eigenvalue weighted by atomic mass is 10.1. The van der Waals surface area contributed by atoms with Gasteiger partial charge in [-0.25, -0.2) is 13.4 Å². The van der Waals surface area contributed by atoms with Gasteiger partial charge in [-0.2, -0.15) is 0 Å². The molecule has 4 rings (SSSR count). The number of nitrogens with zero attached hydrogens (tertiary/aromatic N) is 2. The normalized spacial score (nSPS) is 14.2. The zero-order valence-electron chi connectivity index (χ0n) is 15.8. The van der Waals surface area contributed by atoms with Crippen LogP contribution in [0.2, 0.25) is 5.02 Å². The molecule has 0 bridgehead atoms. The standard InChI is InChI=1S/C20H19ClN4O3S2.H2/c21-15-3-1-14(2-4-15)11-19(26)23-16-12-25(13-16)17-5-7-18(8-6-17)30(27,28)24-20-22-9-10-29-20;/h1-10,16H,11-13H2,(H,22,24)(H,23,26);1H. The molecule has 1 aromatic heterocycles. The second kappa shape index (κ2) is 8.63. The number of carbonyl (C=O) groups excluding carboxylic acids is 1. The lowest BCUT2D eigenvalue weighted by molar-refractivity contribution is -0.121. The molecule has 10 heteroatoms. The van der Waals surface area contributed by atoms with Gasteiger partial charge in [-0.15, -0.1) is 11.3 Å². The van der Waals surface area contributed by atoms with Crippen molar-refractivity contribution in [3.63, 3.8) is 0 Å². The summed E-state index contributed by atoms with van der Waals surface area (Å²) in [7, 11) is -3.66. The fraction of sp³-hybridized carbons (Fsp3) is 0.200. The molecule has 3 aromatic rings. The average molecular weight is 465 g/mol. The molecule has 30 heavy (non-hydrogen) atoms. The Kier molecular flexibility index (Phi) is 5.94. The third-order valence-electron chi connectivity index (χ3n) is 4.69. The zero-order chi connectivity index (χ0) is 21.1. The maximum atomic E-state index is 12.4. The van der Waals surface area contributed by atoms with E-state index in [9.17, 15) is 13.2 Å². The third-order valence-corrected chi connectivity index (χ3v) is 7.12. The van der Waals surface area contributed by atoms with Crippen molar-refractivity contribution in [1.29, 1.82) is 0 Å². The van der Waals surface area contributed by atoms with E-state index in [1.54, 1.807) is 48.0 Å². The molecule has 2 heterocycles. The molecule has 0 saturated carbocycles. The number of amides is 1. The van der Waals surface area contributed by atoms with E-state index in [0.29, 0.717) is 29.7 Å². The van der Waals surface area contributed by atoms with Gasteiger partial charge in [0.15, 0.2) is 5.13 Å². The SMILES string of the molecule is O=C(Cc1ccc(Cl)cc1)NC1CN(c2ccc(S(=O)(=O)Nc3nccs3)cc2)C1.[HH]. The lowest BCUT2D eigenvalue weighted by Crippen LogP contribution is -2.59. The highest BCUT2D eigenvalue weighted by Gasteiger charge is 2.28. The number of hydrogen-bond acceptors (Lipinski definition) is 6. The molecule has 2 N–H and O–H groups in total. The van der Waals surface area contributed by atoms with Gasteiger partial charge in [0.25, 0.3) is 10.0 Å². The molecule has 0 unspecified atom stereocenters. The van der Waals surface area contributed by atoms with E-state index in [4.69, 9.17) is 11.6 Å². The van der Waals surface area contributed by atoms with E-state index in [1.807, 2.05) is 12.1 Å². The molecule has 1 aliphatic rings. The van der Waals surface area contributed by atoms with E-state index in [2.05, 4.69) is 19.9 Å². The number of rotatable bonds is 7. The minimum absolute atomic E-state index is 0. The summed E-state index contributed by atoms with van der Waals surface area (Å²) in [6, 6.07) is 14.0. The maximum absolute atomic E-state index is 12.4. The van der Waals surface area contributed by atoms with Crippen LogP contribution in [-0.2, 0) is 21.2 Å². The van der Waals surface area contributed by atoms with Gasteiger partial charge in [-0.3, -0.25) is 9.52 Å². The van der Waals surface area contributed by atoms with Gasteiger partial charge in [0.1, 0.15) is 0 Å². The Balaban J connectivity index is 0.00000272. The molecule has 0 spiro atoms. The van der Waals surface area contributed by atoms with E-state index in [0.717, 1.165) is 11.3 Å². The van der Waals surface area contributed by atoms with Crippen molar-refractivity contribution in [2.45, 2.75) is 17.4 Å². The molecule has 1 fully saturated rings. The first-order chi connectivity index (χ1) is 14.4. The number of anilines is 2. The molecule has 0 radical (unpaired) electrons. The van der Waals surface area contributed by atoms with E-state index < -0.39 is 10.0 Å². The van der Waals surface area contributed by atoms with Crippen LogP contribution in [-0.4, -0.2) is 38.4 Å². The molecule has 2 aromatic carbocycles. The van der Waals surface area contributed by atoms with Gasteiger partial charge in [0, 0.05) is 36.8 Å². The van der Waals surface area contributed by atoms with Crippen LogP contribution in [0.25, 0.3) is 0 Å². The number of hydrogen-bond donors (Lipinski definition) is 2. The smallest absolute Gasteiger partial charge is 0.263 e. The average Bonchev–Trinajstić information content (AvgIpc) is 3.19. The Bertz CT molecular complexity index is 1120. The molecular weight excluding hydrogens is 444 g/mol. The van der Waals surface area contributed by atoms with Crippen molar-refractivity contribution in [3.8, 4) is 0 Å². The maximum Gasteiger partial charge on any atom is 0.263 e. The first-order valence-electron chi connectivity index (χ1n) is 9.20. The van der Waals surface area contributed by atoms with Crippen molar-refractivity contribution >= 4 is 49.7 Å². The van der Waals surface area contributed by atoms with Crippen molar-refractivity contribution in [2.75, 3.05) is 22.7 Å². The number of benzene rings is 2. The lowest BCUT2D eigenvalue weighted by Gasteiger charge is -2.41. The molecule has 0 atom stereocenters. The minimum Gasteiger partial charge on any atom is -0.367 e. The Labute approximate surface area is 185 Å². The summed E-state index contributed by atoms with van der Waals surface area (Å²) < 4.78 is 27.2. The summed E-state index contributed by atoms with van der Waals surface area (Å²) in [4.78, 5) is 18.4. The molecule has 1 amide bonds. The van der Waals surface area contributed by atoms with Crippen LogP contribution < -0.4 is 14.9 Å². The largest absolute Gasteiger partial charge is 0.367 e. The van der Waals surface area contributed by atoms with E-state index in [1.165, 1.54) is 11.3 Å². The van der Waals surface area contributed by atoms with Crippen LogP contribution in [0.5, 0.6) is 0 Å². The van der Waals surface area contributed by atoms with Gasteiger partial charge in [0.05, 0.1) is 17.4 Å². The van der Waals surface area contributed by atoms with E-state index in [-0.39, 0.29) is 18.3 Å². The molecule has 1 saturated heterocycles. The number of sulfonamides is 1. The van der Waals surface area contributed by atoms with Gasteiger partial charge in [0.2, 0.25) is 5.91 Å². The molecule has 158 valence electrons. The van der Waals surface area contributed by atoms with Crippen LogP contribution in [0.1, 0.15) is 6.99 Å². The fourth-order valence-corrected chi connectivity index (χ4v) is 5.05. The van der Waals surface area contributed by atoms with Gasteiger partial charge >= 0.3 is 0 Å². The van der Waals surface area contributed by atoms with Crippen LogP contribution in [0.3, 0.4) is 0 Å². The first-order valence-corrected chi connectivity index (χ1v) is 11.9. The summed E-state index contributed by atoms with van der Waals surface area (Å²) in [5.74, 6) is -0.0309. The number of thiazole rings is 1. The van der Waals surface area contributed by atoms with Crippen LogP contribution in [0, 0.1) is 0 Å². The third kappa shape index (κ3) is 4.92. The fourth-order valence-electron chi connectivity index (χ4n) is 3.13. The van der Waals surface area contributed by atoms with Gasteiger partial charge < -0.3 is 10.2 Å². The molecule has 7 nitrogen and oxygen atoms in total. The quantitative estimate of drug-likeness (QED) is 0.559. The number of nitrogens with one attached hydrogen (secondary N) is 2. The Morgan fingerprint density at radius 2 is 1.87 bits per heavy atom. The number of aromatic nitrogens is 1. The van der Waals surface area contributed by atoms with Crippen molar-refractivity contribution in [1.82, 2.24) is 10.3 Å². The summed E-state index contributed by atoms with van der Waals surface area (Å²) in [5.41, 5.74) is 1.82. The predicted molar refractivity (Wildman–Crippen MR) is 121 cm³/mol. The predicted octanol–water partition coefficient (Wildman–Crippen LogP) is 3.39. The van der Waals surface area contributed by atoms with Crippen molar-refractivity contribution in [3.05, 3.63) is 70.7 Å². The van der Waals surface area contributed by atoms with Crippen molar-refractivity contribution < 1.29 is 14.6 Å². The second-order valence-electron chi connectivity index (χ2n) is 6.91. The first kappa shape index (κ1) is 20.6. The molecule has 1 aliphatic heterocycles. The van der Waals surface area contributed by atoms with Crippen LogP contribution in [0.4, 0.5) is 10.8 Å². The highest BCUT2D eigenvalue weighted by molar-refractivity contribution is 7.93. The Hall–Kier alpha value is -2.62. The molecular formula is C20H21ClN4O3S2. The summed E-state index contributed by atoms with van der Waals surface area (Å²) in [5, 5.41) is 5.70. The summed E-state index contributed by atoms with van der Waals surface area (Å²) >= 11 is 7.08. The molecule has 0 aliphatic carbocycles. The van der Waals surface area contributed by atoms with Gasteiger partial charge in [-0.1, -0.05) is 23.7 Å². The highest BCUT2D eigenvalue weighted by atomic mass is 35.5. The van der Waals surface area contributed by atoms with Crippen LogP contribution in [0.15, 0.2) is 65.0 Å². The Morgan fingerprint density at radius 3 is 2.50 bits per heavy atom.